The molecule has 8 heteroatoms. The molecule has 0 radical (unpaired) electrons. The molecular formula is C11H14N2O5S. The minimum absolute atomic E-state index is 0.206. The number of hydrogen-bond acceptors (Lipinski definition) is 5. The van der Waals surface area contributed by atoms with Gasteiger partial charge in [-0.05, 0) is 31.2 Å². The van der Waals surface area contributed by atoms with Crippen LogP contribution in [-0.2, 0) is 25.0 Å². The molecule has 0 fully saturated rings. The summed E-state index contributed by atoms with van der Waals surface area (Å²) in [4.78, 5) is 21.7. The lowest BCUT2D eigenvalue weighted by atomic mass is 10.3. The van der Waals surface area contributed by atoms with Crippen LogP contribution in [0.3, 0.4) is 0 Å². The molecule has 19 heavy (non-hydrogen) atoms. The molecule has 0 spiro atoms. The fourth-order valence-corrected chi connectivity index (χ4v) is 1.75. The number of carboxylic acids is 1. The molecule has 0 aliphatic carbocycles. The van der Waals surface area contributed by atoms with Crippen LogP contribution < -0.4 is 10.8 Å². The van der Waals surface area contributed by atoms with E-state index in [4.69, 9.17) is 9.39 Å². The van der Waals surface area contributed by atoms with Crippen molar-refractivity contribution in [3.63, 3.8) is 0 Å². The number of hydroxylamine groups is 1. The summed E-state index contributed by atoms with van der Waals surface area (Å²) in [6.45, 7) is 2.74. The summed E-state index contributed by atoms with van der Waals surface area (Å²) in [5.74, 6) is -1.32. The van der Waals surface area contributed by atoms with Crippen molar-refractivity contribution in [1.29, 1.82) is 0 Å². The summed E-state index contributed by atoms with van der Waals surface area (Å²) in [6, 6.07) is 5.18. The second-order valence-electron chi connectivity index (χ2n) is 3.70. The SMILES string of the molecule is CC(=O)Nc1ccc(S(=O)ONC(C)C(=O)O)cc1. The van der Waals surface area contributed by atoms with Crippen LogP contribution in [0.2, 0.25) is 0 Å². The van der Waals surface area contributed by atoms with E-state index >= 15 is 0 Å². The van der Waals surface area contributed by atoms with Crippen LogP contribution >= 0.6 is 0 Å². The summed E-state index contributed by atoms with van der Waals surface area (Å²) >= 11 is -1.83. The second kappa shape index (κ2) is 6.98. The van der Waals surface area contributed by atoms with Crippen molar-refractivity contribution in [3.05, 3.63) is 24.3 Å². The third-order valence-electron chi connectivity index (χ3n) is 2.04. The summed E-state index contributed by atoms with van der Waals surface area (Å²) < 4.78 is 16.4. The molecule has 7 nitrogen and oxygen atoms in total. The van der Waals surface area contributed by atoms with E-state index in [-0.39, 0.29) is 5.91 Å². The van der Waals surface area contributed by atoms with Gasteiger partial charge in [-0.15, -0.1) is 0 Å². The van der Waals surface area contributed by atoms with E-state index in [0.29, 0.717) is 10.6 Å². The maximum absolute atomic E-state index is 11.7. The lowest BCUT2D eigenvalue weighted by molar-refractivity contribution is -0.140. The van der Waals surface area contributed by atoms with Gasteiger partial charge in [-0.1, -0.05) is 0 Å². The number of benzene rings is 1. The maximum Gasteiger partial charge on any atom is 0.322 e. The zero-order valence-electron chi connectivity index (χ0n) is 10.4. The van der Waals surface area contributed by atoms with E-state index in [1.807, 2.05) is 0 Å². The van der Waals surface area contributed by atoms with Crippen molar-refractivity contribution in [3.8, 4) is 0 Å². The third-order valence-corrected chi connectivity index (χ3v) is 2.94. The monoisotopic (exact) mass is 286 g/mol. The molecule has 1 rings (SSSR count). The van der Waals surface area contributed by atoms with Crippen molar-refractivity contribution in [2.75, 3.05) is 5.32 Å². The summed E-state index contributed by atoms with van der Waals surface area (Å²) in [5.41, 5.74) is 2.73. The van der Waals surface area contributed by atoms with Crippen LogP contribution in [0.5, 0.6) is 0 Å². The van der Waals surface area contributed by atoms with Crippen molar-refractivity contribution in [1.82, 2.24) is 5.48 Å². The molecule has 3 N–H and O–H groups in total. The van der Waals surface area contributed by atoms with Crippen molar-refractivity contribution in [2.45, 2.75) is 24.8 Å². The number of hydrogen-bond donors (Lipinski definition) is 3. The number of nitrogens with one attached hydrogen (secondary N) is 2. The van der Waals surface area contributed by atoms with E-state index in [0.717, 1.165) is 0 Å². The molecule has 104 valence electrons. The van der Waals surface area contributed by atoms with Gasteiger partial charge in [0.25, 0.3) is 0 Å². The van der Waals surface area contributed by atoms with Gasteiger partial charge in [-0.2, -0.15) is 9.76 Å². The van der Waals surface area contributed by atoms with Crippen LogP contribution in [0.4, 0.5) is 5.69 Å². The van der Waals surface area contributed by atoms with Gasteiger partial charge in [-0.25, -0.2) is 4.21 Å². The summed E-state index contributed by atoms with van der Waals surface area (Å²) in [6.07, 6.45) is 0. The number of carboxylic acid groups (broad SMARTS) is 1. The fraction of sp³-hybridized carbons (Fsp3) is 0.273. The largest absolute Gasteiger partial charge is 0.480 e. The van der Waals surface area contributed by atoms with Gasteiger partial charge in [0.2, 0.25) is 17.0 Å². The van der Waals surface area contributed by atoms with Crippen molar-refractivity contribution in [2.24, 2.45) is 0 Å². The first-order valence-corrected chi connectivity index (χ1v) is 6.42. The predicted octanol–water partition coefficient (Wildman–Crippen LogP) is 0.662. The minimum Gasteiger partial charge on any atom is -0.480 e. The van der Waals surface area contributed by atoms with Gasteiger partial charge in [0, 0.05) is 12.6 Å². The molecule has 1 amide bonds. The van der Waals surface area contributed by atoms with Crippen LogP contribution in [-0.4, -0.2) is 27.2 Å². The smallest absolute Gasteiger partial charge is 0.322 e. The number of anilines is 1. The van der Waals surface area contributed by atoms with Gasteiger partial charge >= 0.3 is 5.97 Å². The highest BCUT2D eigenvalue weighted by molar-refractivity contribution is 7.80. The Labute approximate surface area is 112 Å². The molecule has 0 saturated carbocycles. The first-order chi connectivity index (χ1) is 8.90. The third kappa shape index (κ3) is 5.16. The predicted molar refractivity (Wildman–Crippen MR) is 68.5 cm³/mol. The number of rotatable bonds is 6. The highest BCUT2D eigenvalue weighted by Crippen LogP contribution is 2.13. The van der Waals surface area contributed by atoms with E-state index in [1.165, 1.54) is 26.0 Å². The Morgan fingerprint density at radius 3 is 2.37 bits per heavy atom. The van der Waals surface area contributed by atoms with Gasteiger partial charge in [0.1, 0.15) is 6.04 Å². The zero-order chi connectivity index (χ0) is 14.4. The average Bonchev–Trinajstić information content (AvgIpc) is 2.35. The molecule has 2 unspecified atom stereocenters. The first-order valence-electron chi connectivity index (χ1n) is 5.35. The lowest BCUT2D eigenvalue weighted by Gasteiger charge is -2.08. The molecule has 0 saturated heterocycles. The minimum atomic E-state index is -1.83. The zero-order valence-corrected chi connectivity index (χ0v) is 11.2. The number of aliphatic carboxylic acids is 1. The molecule has 0 bridgehead atoms. The maximum atomic E-state index is 11.7. The van der Waals surface area contributed by atoms with Gasteiger partial charge in [0.15, 0.2) is 0 Å². The number of carbonyl (C=O) groups is 2. The Morgan fingerprint density at radius 1 is 1.32 bits per heavy atom. The molecule has 0 heterocycles. The lowest BCUT2D eigenvalue weighted by Crippen LogP contribution is -2.34. The van der Waals surface area contributed by atoms with Crippen LogP contribution in [0, 0.1) is 0 Å². The molecule has 0 aliphatic heterocycles. The van der Waals surface area contributed by atoms with Gasteiger partial charge < -0.3 is 10.4 Å². The van der Waals surface area contributed by atoms with Crippen molar-refractivity contribution >= 4 is 28.6 Å². The Bertz CT molecular complexity index is 488. The highest BCUT2D eigenvalue weighted by atomic mass is 32.2. The van der Waals surface area contributed by atoms with Crippen LogP contribution in [0.25, 0.3) is 0 Å². The Morgan fingerprint density at radius 2 is 1.89 bits per heavy atom. The fourth-order valence-electron chi connectivity index (χ4n) is 1.07. The molecule has 1 aromatic rings. The number of amides is 1. The topological polar surface area (TPSA) is 105 Å². The standard InChI is InChI=1S/C11H14N2O5S/c1-7(11(15)16)13-18-19(17)10-5-3-9(4-6-10)12-8(2)14/h3-7,13H,1-2H3,(H,12,14)(H,15,16). The van der Waals surface area contributed by atoms with Crippen molar-refractivity contribution < 1.29 is 23.2 Å². The highest BCUT2D eigenvalue weighted by Gasteiger charge is 2.13. The molecule has 0 aliphatic rings. The Kier molecular flexibility index (Phi) is 5.61. The van der Waals surface area contributed by atoms with Crippen LogP contribution in [0.1, 0.15) is 13.8 Å². The quantitative estimate of drug-likeness (QED) is 0.664. The van der Waals surface area contributed by atoms with Crippen LogP contribution in [0.15, 0.2) is 29.2 Å². The normalized spacial score (nSPS) is 13.6. The van der Waals surface area contributed by atoms with Gasteiger partial charge in [-0.3, -0.25) is 9.59 Å². The van der Waals surface area contributed by atoms with Gasteiger partial charge in [0.05, 0.1) is 4.90 Å². The Hall–Kier alpha value is -1.77. The van der Waals surface area contributed by atoms with E-state index in [2.05, 4.69) is 10.8 Å². The second-order valence-corrected chi connectivity index (χ2v) is 4.81. The summed E-state index contributed by atoms with van der Waals surface area (Å²) in [7, 11) is 0. The van der Waals surface area contributed by atoms with E-state index in [9.17, 15) is 13.8 Å². The Balaban J connectivity index is 2.58. The van der Waals surface area contributed by atoms with E-state index in [1.54, 1.807) is 12.1 Å². The molecular weight excluding hydrogens is 272 g/mol. The molecule has 1 aromatic carbocycles. The molecule has 0 aromatic heterocycles. The van der Waals surface area contributed by atoms with E-state index < -0.39 is 23.1 Å². The number of carbonyl (C=O) groups excluding carboxylic acids is 1. The molecule has 2 atom stereocenters. The first kappa shape index (κ1) is 15.3. The summed E-state index contributed by atoms with van der Waals surface area (Å²) in [5, 5.41) is 11.2. The average molecular weight is 286 g/mol.